The smallest absolute Gasteiger partial charge is 0.254 e. The molecule has 2 aromatic heterocycles. The van der Waals surface area contributed by atoms with Crippen molar-refractivity contribution in [1.82, 2.24) is 19.9 Å². The van der Waals surface area contributed by atoms with Gasteiger partial charge in [-0.2, -0.15) is 4.98 Å². The quantitative estimate of drug-likeness (QED) is 0.518. The van der Waals surface area contributed by atoms with Gasteiger partial charge in [0.05, 0.1) is 23.1 Å². The Bertz CT molecular complexity index is 1100. The van der Waals surface area contributed by atoms with Crippen molar-refractivity contribution in [1.29, 1.82) is 0 Å². The number of benzene rings is 1. The van der Waals surface area contributed by atoms with Crippen LogP contribution in [-0.2, 0) is 6.42 Å². The van der Waals surface area contributed by atoms with Crippen molar-refractivity contribution in [3.8, 4) is 22.2 Å². The lowest BCUT2D eigenvalue weighted by Crippen LogP contribution is -2.48. The first-order valence-corrected chi connectivity index (χ1v) is 12.4. The molecule has 1 aromatic carbocycles. The molecule has 1 amide bonds. The summed E-state index contributed by atoms with van der Waals surface area (Å²) >= 11 is 7.96. The molecule has 0 N–H and O–H groups in total. The number of halogens is 1. The number of aryl methyl sites for hydroxylation is 1. The van der Waals surface area contributed by atoms with E-state index in [4.69, 9.17) is 25.6 Å². The summed E-state index contributed by atoms with van der Waals surface area (Å²) in [4.78, 5) is 22.8. The Balaban J connectivity index is 1.10. The average Bonchev–Trinajstić information content (AvgIpc) is 3.47. The minimum atomic E-state index is -0.0286. The molecule has 1 saturated heterocycles. The lowest BCUT2D eigenvalue weighted by molar-refractivity contribution is 0.0635. The van der Waals surface area contributed by atoms with Crippen molar-refractivity contribution in [2.24, 2.45) is 0 Å². The number of ether oxygens (including phenoxy) is 2. The predicted octanol–water partition coefficient (Wildman–Crippen LogP) is 4.00. The van der Waals surface area contributed by atoms with E-state index in [0.29, 0.717) is 60.1 Å². The van der Waals surface area contributed by atoms with Crippen LogP contribution < -0.4 is 9.47 Å². The molecule has 0 spiro atoms. The molecule has 2 aliphatic heterocycles. The monoisotopic (exact) mass is 488 g/mol. The number of hydrogen-bond donors (Lipinski definition) is 0. The largest absolute Gasteiger partial charge is 0.489 e. The molecule has 0 bridgehead atoms. The summed E-state index contributed by atoms with van der Waals surface area (Å²) in [6.45, 7) is 5.04. The Morgan fingerprint density at radius 1 is 1.15 bits per heavy atom. The van der Waals surface area contributed by atoms with Gasteiger partial charge in [-0.15, -0.1) is 11.3 Å². The molecule has 10 heteroatoms. The van der Waals surface area contributed by atoms with Gasteiger partial charge in [-0.3, -0.25) is 9.69 Å². The maximum atomic E-state index is 13.1. The molecule has 33 heavy (non-hydrogen) atoms. The van der Waals surface area contributed by atoms with Gasteiger partial charge in [0.15, 0.2) is 11.5 Å². The number of hydrogen-bond acceptors (Lipinski definition) is 8. The van der Waals surface area contributed by atoms with Crippen LogP contribution in [0.2, 0.25) is 5.02 Å². The Labute approximate surface area is 201 Å². The highest BCUT2D eigenvalue weighted by molar-refractivity contribution is 7.13. The summed E-state index contributed by atoms with van der Waals surface area (Å²) < 4.78 is 16.8. The number of piperazine rings is 1. The van der Waals surface area contributed by atoms with E-state index in [0.717, 1.165) is 43.8 Å². The van der Waals surface area contributed by atoms with Gasteiger partial charge in [-0.25, -0.2) is 0 Å². The second-order valence-corrected chi connectivity index (χ2v) is 9.42. The fourth-order valence-electron chi connectivity index (χ4n) is 4.03. The molecule has 1 fully saturated rings. The third-order valence-corrected chi connectivity index (χ3v) is 6.93. The summed E-state index contributed by atoms with van der Waals surface area (Å²) in [7, 11) is 0. The average molecular weight is 489 g/mol. The number of carbonyl (C=O) groups excluding carboxylic acids is 1. The molecule has 5 rings (SSSR count). The normalized spacial score (nSPS) is 16.6. The number of fused-ring (bicyclic) bond motifs is 1. The van der Waals surface area contributed by atoms with Crippen molar-refractivity contribution in [2.75, 3.05) is 45.9 Å². The third kappa shape index (κ3) is 5.15. The molecule has 4 heterocycles. The van der Waals surface area contributed by atoms with E-state index in [9.17, 15) is 4.79 Å². The van der Waals surface area contributed by atoms with Crippen molar-refractivity contribution < 1.29 is 18.8 Å². The van der Waals surface area contributed by atoms with Gasteiger partial charge in [0, 0.05) is 44.6 Å². The minimum Gasteiger partial charge on any atom is -0.489 e. The van der Waals surface area contributed by atoms with Crippen LogP contribution >= 0.6 is 22.9 Å². The first kappa shape index (κ1) is 22.2. The highest BCUT2D eigenvalue weighted by Crippen LogP contribution is 2.38. The minimum absolute atomic E-state index is 0.0286. The van der Waals surface area contributed by atoms with Crippen LogP contribution in [0.4, 0.5) is 0 Å². The lowest BCUT2D eigenvalue weighted by Gasteiger charge is -2.34. The SMILES string of the molecule is O=C(c1cc(Cl)c2c(c1)OCCCO2)N1CCN(CCCc2nc(-c3cccs3)no2)CC1. The highest BCUT2D eigenvalue weighted by Gasteiger charge is 2.25. The summed E-state index contributed by atoms with van der Waals surface area (Å²) in [5.41, 5.74) is 0.538. The van der Waals surface area contributed by atoms with E-state index in [1.165, 1.54) is 0 Å². The molecule has 0 atom stereocenters. The molecule has 0 saturated carbocycles. The molecule has 3 aromatic rings. The molecule has 2 aliphatic rings. The lowest BCUT2D eigenvalue weighted by atomic mass is 10.1. The number of nitrogens with zero attached hydrogens (tertiary/aromatic N) is 4. The van der Waals surface area contributed by atoms with Crippen molar-refractivity contribution in [3.05, 3.63) is 46.1 Å². The predicted molar refractivity (Wildman–Crippen MR) is 125 cm³/mol. The molecule has 8 nitrogen and oxygen atoms in total. The molecular weight excluding hydrogens is 464 g/mol. The van der Waals surface area contributed by atoms with E-state index < -0.39 is 0 Å². The van der Waals surface area contributed by atoms with Gasteiger partial charge in [0.1, 0.15) is 0 Å². The van der Waals surface area contributed by atoms with Gasteiger partial charge in [0.25, 0.3) is 5.91 Å². The van der Waals surface area contributed by atoms with Crippen LogP contribution in [0.5, 0.6) is 11.5 Å². The Hall–Kier alpha value is -2.62. The van der Waals surface area contributed by atoms with Gasteiger partial charge < -0.3 is 18.9 Å². The highest BCUT2D eigenvalue weighted by atomic mass is 35.5. The second-order valence-electron chi connectivity index (χ2n) is 8.06. The van der Waals surface area contributed by atoms with Crippen LogP contribution in [0.3, 0.4) is 0 Å². The standard InChI is InChI=1S/C23H25ClN4O4S/c24-17-14-16(15-18-21(17)31-12-3-11-30-18)23(29)28-9-7-27(8-10-28)6-1-5-20-25-22(26-32-20)19-4-2-13-33-19/h2,4,13-15H,1,3,5-12H2. The van der Waals surface area contributed by atoms with Crippen LogP contribution in [0, 0.1) is 0 Å². The second kappa shape index (κ2) is 10.1. The van der Waals surface area contributed by atoms with Gasteiger partial charge in [-0.1, -0.05) is 22.8 Å². The number of aromatic nitrogens is 2. The van der Waals surface area contributed by atoms with E-state index in [1.54, 1.807) is 23.5 Å². The molecular formula is C23H25ClN4O4S. The van der Waals surface area contributed by atoms with Gasteiger partial charge >= 0.3 is 0 Å². The van der Waals surface area contributed by atoms with Crippen LogP contribution in [0.15, 0.2) is 34.2 Å². The van der Waals surface area contributed by atoms with Crippen LogP contribution in [-0.4, -0.2) is 71.8 Å². The first-order chi connectivity index (χ1) is 16.2. The molecule has 0 radical (unpaired) electrons. The summed E-state index contributed by atoms with van der Waals surface area (Å²) in [5.74, 6) is 2.36. The maximum absolute atomic E-state index is 13.1. The van der Waals surface area contributed by atoms with Gasteiger partial charge in [-0.05, 0) is 36.5 Å². The van der Waals surface area contributed by atoms with E-state index in [1.807, 2.05) is 22.4 Å². The summed E-state index contributed by atoms with van der Waals surface area (Å²) in [5, 5.41) is 6.48. The van der Waals surface area contributed by atoms with E-state index in [2.05, 4.69) is 15.0 Å². The zero-order chi connectivity index (χ0) is 22.6. The number of thiophene rings is 1. The molecule has 0 aliphatic carbocycles. The maximum Gasteiger partial charge on any atom is 0.254 e. The summed E-state index contributed by atoms with van der Waals surface area (Å²) in [6.07, 6.45) is 2.46. The van der Waals surface area contributed by atoms with Crippen molar-refractivity contribution in [2.45, 2.75) is 19.3 Å². The zero-order valence-electron chi connectivity index (χ0n) is 18.2. The first-order valence-electron chi connectivity index (χ1n) is 11.1. The Morgan fingerprint density at radius 3 is 2.82 bits per heavy atom. The van der Waals surface area contributed by atoms with Crippen molar-refractivity contribution in [3.63, 3.8) is 0 Å². The van der Waals surface area contributed by atoms with Gasteiger partial charge in [0.2, 0.25) is 11.7 Å². The topological polar surface area (TPSA) is 80.9 Å². The summed E-state index contributed by atoms with van der Waals surface area (Å²) in [6, 6.07) is 7.39. The van der Waals surface area contributed by atoms with Crippen LogP contribution in [0.25, 0.3) is 10.7 Å². The third-order valence-electron chi connectivity index (χ3n) is 5.78. The molecule has 174 valence electrons. The number of rotatable bonds is 6. The fourth-order valence-corrected chi connectivity index (χ4v) is 4.94. The molecule has 0 unspecified atom stereocenters. The Kier molecular flexibility index (Phi) is 6.80. The van der Waals surface area contributed by atoms with E-state index >= 15 is 0 Å². The fraction of sp³-hybridized carbons (Fsp3) is 0.435. The Morgan fingerprint density at radius 2 is 2.00 bits per heavy atom. The van der Waals surface area contributed by atoms with Crippen molar-refractivity contribution >= 4 is 28.8 Å². The number of carbonyl (C=O) groups is 1. The van der Waals surface area contributed by atoms with E-state index in [-0.39, 0.29) is 5.91 Å². The number of amides is 1. The van der Waals surface area contributed by atoms with Crippen LogP contribution in [0.1, 0.15) is 29.1 Å². The zero-order valence-corrected chi connectivity index (χ0v) is 19.7.